The van der Waals surface area contributed by atoms with Crippen molar-refractivity contribution < 1.29 is 0 Å². The van der Waals surface area contributed by atoms with Crippen LogP contribution < -0.4 is 11.1 Å². The maximum atomic E-state index is 9.29. The molecule has 2 rings (SSSR count). The number of nitriles is 2. The van der Waals surface area contributed by atoms with Gasteiger partial charge >= 0.3 is 0 Å². The Morgan fingerprint density at radius 3 is 2.53 bits per heavy atom. The van der Waals surface area contributed by atoms with Gasteiger partial charge in [0.25, 0.3) is 0 Å². The number of nitrogens with two attached hydrogens (primary N) is 1. The highest BCUT2D eigenvalue weighted by Gasteiger charge is 2.24. The van der Waals surface area contributed by atoms with E-state index in [1.807, 2.05) is 30.3 Å². The fraction of sp³-hybridized carbons (Fsp3) is 0.0769. The largest absolute Gasteiger partial charge is 0.763 e. The van der Waals surface area contributed by atoms with Crippen LogP contribution in [0.3, 0.4) is 0 Å². The van der Waals surface area contributed by atoms with Gasteiger partial charge in [-0.25, -0.2) is 0 Å². The number of nitrogens with one attached hydrogen (secondary N) is 1. The minimum Gasteiger partial charge on any atom is -0.763 e. The van der Waals surface area contributed by atoms with E-state index >= 15 is 0 Å². The van der Waals surface area contributed by atoms with Crippen molar-refractivity contribution in [1.29, 1.82) is 10.5 Å². The zero-order valence-corrected chi connectivity index (χ0v) is 12.6. The van der Waals surface area contributed by atoms with Crippen LogP contribution in [-0.4, -0.2) is 5.37 Å². The van der Waals surface area contributed by atoms with Crippen LogP contribution in [-0.2, 0) is 12.6 Å². The molecule has 4 nitrogen and oxygen atoms in total. The molecule has 0 bridgehead atoms. The number of dihydropyridines is 1. The molecular weight excluding hydrogens is 371 g/mol. The Kier molecular flexibility index (Phi) is 4.03. The lowest BCUT2D eigenvalue weighted by molar-refractivity contribution is 0.808. The SMILES string of the molecule is N#CC1=C(N)N[C@H]([S-])C(C#N)=C1c1ccccc1I. The van der Waals surface area contributed by atoms with E-state index < -0.39 is 5.37 Å². The standard InChI is InChI=1S/C13H9IN4S/c14-10-4-2-1-3-7(10)11-8(5-15)12(17)18-13(19)9(11)6-16/h1-4,13,18-19H,17H2/p-1/t13-/m1/s1. The van der Waals surface area contributed by atoms with Crippen molar-refractivity contribution in [2.24, 2.45) is 5.73 Å². The summed E-state index contributed by atoms with van der Waals surface area (Å²) in [7, 11) is 0. The summed E-state index contributed by atoms with van der Waals surface area (Å²) in [6.07, 6.45) is 0. The summed E-state index contributed by atoms with van der Waals surface area (Å²) in [4.78, 5) is 0. The molecule has 1 aromatic rings. The lowest BCUT2D eigenvalue weighted by Crippen LogP contribution is -2.36. The van der Waals surface area contributed by atoms with Gasteiger partial charge in [0.15, 0.2) is 0 Å². The minimum absolute atomic E-state index is 0.219. The second kappa shape index (κ2) is 5.55. The van der Waals surface area contributed by atoms with Gasteiger partial charge in [-0.2, -0.15) is 10.5 Å². The topological polar surface area (TPSA) is 85.6 Å². The average Bonchev–Trinajstić information content (AvgIpc) is 2.38. The van der Waals surface area contributed by atoms with Crippen LogP contribution in [0.2, 0.25) is 0 Å². The second-order valence-electron chi connectivity index (χ2n) is 3.81. The smallest absolute Gasteiger partial charge is 0.114 e. The normalized spacial score (nSPS) is 18.6. The van der Waals surface area contributed by atoms with Crippen LogP contribution in [0.4, 0.5) is 0 Å². The number of hydrogen-bond acceptors (Lipinski definition) is 5. The van der Waals surface area contributed by atoms with Gasteiger partial charge in [0.2, 0.25) is 0 Å². The quantitative estimate of drug-likeness (QED) is 0.574. The Morgan fingerprint density at radius 2 is 1.95 bits per heavy atom. The van der Waals surface area contributed by atoms with Crippen molar-refractivity contribution in [3.63, 3.8) is 0 Å². The van der Waals surface area contributed by atoms with Crippen molar-refractivity contribution in [2.75, 3.05) is 0 Å². The van der Waals surface area contributed by atoms with Gasteiger partial charge in [0.1, 0.15) is 17.5 Å². The van der Waals surface area contributed by atoms with Crippen LogP contribution in [0.25, 0.3) is 5.57 Å². The Morgan fingerprint density at radius 1 is 1.26 bits per heavy atom. The molecule has 0 amide bonds. The predicted octanol–water partition coefficient (Wildman–Crippen LogP) is 1.74. The highest BCUT2D eigenvalue weighted by molar-refractivity contribution is 14.1. The Labute approximate surface area is 130 Å². The first-order valence-electron chi connectivity index (χ1n) is 5.32. The number of benzene rings is 1. The van der Waals surface area contributed by atoms with E-state index in [0.29, 0.717) is 11.1 Å². The zero-order valence-electron chi connectivity index (χ0n) is 9.64. The molecule has 1 heterocycles. The molecule has 0 aliphatic carbocycles. The lowest BCUT2D eigenvalue weighted by Gasteiger charge is -2.32. The average molecular weight is 379 g/mol. The lowest BCUT2D eigenvalue weighted by atomic mass is 9.91. The molecule has 3 N–H and O–H groups in total. The molecule has 0 spiro atoms. The molecule has 1 aliphatic rings. The number of nitrogens with zero attached hydrogens (tertiary/aromatic N) is 2. The van der Waals surface area contributed by atoms with Crippen LogP contribution in [0.1, 0.15) is 5.56 Å². The van der Waals surface area contributed by atoms with Crippen molar-refractivity contribution in [3.05, 3.63) is 50.4 Å². The number of halogens is 1. The van der Waals surface area contributed by atoms with Crippen molar-refractivity contribution in [2.45, 2.75) is 5.37 Å². The Balaban J connectivity index is 2.79. The van der Waals surface area contributed by atoms with Gasteiger partial charge in [-0.3, -0.25) is 0 Å². The summed E-state index contributed by atoms with van der Waals surface area (Å²) in [5.41, 5.74) is 7.76. The van der Waals surface area contributed by atoms with Gasteiger partial charge in [-0.1, -0.05) is 23.6 Å². The molecule has 1 atom stereocenters. The highest BCUT2D eigenvalue weighted by Crippen LogP contribution is 2.34. The van der Waals surface area contributed by atoms with Crippen molar-refractivity contribution in [3.8, 4) is 12.1 Å². The van der Waals surface area contributed by atoms with E-state index in [1.165, 1.54) is 0 Å². The van der Waals surface area contributed by atoms with Crippen molar-refractivity contribution >= 4 is 40.8 Å². The summed E-state index contributed by atoms with van der Waals surface area (Å²) in [5.74, 6) is 0.219. The highest BCUT2D eigenvalue weighted by atomic mass is 127. The number of allylic oxidation sites excluding steroid dienone is 2. The fourth-order valence-corrected chi connectivity index (χ4v) is 2.81. The molecule has 6 heteroatoms. The van der Waals surface area contributed by atoms with E-state index in [0.717, 1.165) is 9.13 Å². The van der Waals surface area contributed by atoms with Crippen molar-refractivity contribution in [1.82, 2.24) is 5.32 Å². The van der Waals surface area contributed by atoms with E-state index in [9.17, 15) is 10.5 Å². The molecule has 0 radical (unpaired) electrons. The van der Waals surface area contributed by atoms with Crippen LogP contribution in [0, 0.1) is 26.2 Å². The van der Waals surface area contributed by atoms with Gasteiger partial charge in [-0.15, -0.1) is 0 Å². The summed E-state index contributed by atoms with van der Waals surface area (Å²) in [6.45, 7) is 0. The van der Waals surface area contributed by atoms with E-state index in [1.54, 1.807) is 0 Å². The first kappa shape index (κ1) is 13.8. The van der Waals surface area contributed by atoms with Crippen LogP contribution in [0.5, 0.6) is 0 Å². The third-order valence-corrected chi connectivity index (χ3v) is 4.01. The molecule has 1 aliphatic heterocycles. The maximum absolute atomic E-state index is 9.29. The van der Waals surface area contributed by atoms with Crippen LogP contribution in [0.15, 0.2) is 41.2 Å². The Hall–Kier alpha value is -1.64. The number of hydrogen-bond donors (Lipinski definition) is 2. The van der Waals surface area contributed by atoms with E-state index in [4.69, 9.17) is 18.4 Å². The molecule has 94 valence electrons. The van der Waals surface area contributed by atoms with Gasteiger partial charge in [0, 0.05) is 14.7 Å². The van der Waals surface area contributed by atoms with Gasteiger partial charge in [0.05, 0.1) is 6.07 Å². The molecule has 19 heavy (non-hydrogen) atoms. The summed E-state index contributed by atoms with van der Waals surface area (Å²) < 4.78 is 0.938. The number of rotatable bonds is 1. The van der Waals surface area contributed by atoms with Gasteiger partial charge < -0.3 is 23.7 Å². The molecule has 0 unspecified atom stereocenters. The second-order valence-corrected chi connectivity index (χ2v) is 5.44. The summed E-state index contributed by atoms with van der Waals surface area (Å²) >= 11 is 7.35. The molecule has 1 aromatic carbocycles. The molecule has 0 fully saturated rings. The monoisotopic (exact) mass is 379 g/mol. The maximum Gasteiger partial charge on any atom is 0.114 e. The minimum atomic E-state index is -0.617. The molecule has 0 saturated carbocycles. The molecular formula is C13H8IN4S-. The van der Waals surface area contributed by atoms with Crippen LogP contribution >= 0.6 is 22.6 Å². The zero-order chi connectivity index (χ0) is 14.0. The predicted molar refractivity (Wildman–Crippen MR) is 82.8 cm³/mol. The molecule has 0 aromatic heterocycles. The van der Waals surface area contributed by atoms with Gasteiger partial charge in [-0.05, 0) is 34.2 Å². The first-order chi connectivity index (χ1) is 9.10. The fourth-order valence-electron chi connectivity index (χ4n) is 1.86. The molecule has 0 saturated heterocycles. The summed E-state index contributed by atoms with van der Waals surface area (Å²) in [5, 5.41) is 20.7. The van der Waals surface area contributed by atoms with E-state index in [2.05, 4.69) is 34.0 Å². The third kappa shape index (κ3) is 2.42. The summed E-state index contributed by atoms with van der Waals surface area (Å²) in [6, 6.07) is 11.6. The van der Waals surface area contributed by atoms with E-state index in [-0.39, 0.29) is 11.4 Å². The first-order valence-corrected chi connectivity index (χ1v) is 6.87. The third-order valence-electron chi connectivity index (χ3n) is 2.71. The Bertz CT molecular complexity index is 679.